The van der Waals surface area contributed by atoms with Gasteiger partial charge in [-0.05, 0) is 46.5 Å². The minimum atomic E-state index is -1.42. The van der Waals surface area contributed by atoms with E-state index in [1.807, 2.05) is 20.8 Å². The summed E-state index contributed by atoms with van der Waals surface area (Å²) in [6.07, 6.45) is 6.59. The van der Waals surface area contributed by atoms with Gasteiger partial charge in [0, 0.05) is 30.8 Å². The molecule has 1 aliphatic heterocycles. The first-order valence-corrected chi connectivity index (χ1v) is 21.1. The largest absolute Gasteiger partial charge is 0.488 e. The molecule has 2 aliphatic rings. The number of hydrogen-bond acceptors (Lipinski definition) is 15. The van der Waals surface area contributed by atoms with E-state index in [2.05, 4.69) is 36.7 Å². The third-order valence-corrected chi connectivity index (χ3v) is 9.86. The Labute approximate surface area is 351 Å². The van der Waals surface area contributed by atoms with Crippen LogP contribution in [0.4, 0.5) is 9.93 Å². The molecule has 5 amide bonds. The summed E-state index contributed by atoms with van der Waals surface area (Å²) in [4.78, 5) is 106. The van der Waals surface area contributed by atoms with Crippen molar-refractivity contribution in [3.05, 3.63) is 39.3 Å². The highest BCUT2D eigenvalue weighted by Crippen LogP contribution is 2.37. The van der Waals surface area contributed by atoms with Crippen LogP contribution in [0.1, 0.15) is 111 Å². The highest BCUT2D eigenvalue weighted by atomic mass is 32.1. The van der Waals surface area contributed by atoms with Crippen molar-refractivity contribution in [3.63, 3.8) is 0 Å². The monoisotopic (exact) mass is 860 g/mol. The van der Waals surface area contributed by atoms with E-state index in [0.29, 0.717) is 38.9 Å². The Bertz CT molecular complexity index is 1940. The van der Waals surface area contributed by atoms with Gasteiger partial charge in [0.2, 0.25) is 16.9 Å². The van der Waals surface area contributed by atoms with Crippen LogP contribution in [0.2, 0.25) is 0 Å². The predicted octanol–water partition coefficient (Wildman–Crippen LogP) is 2.46. The van der Waals surface area contributed by atoms with Gasteiger partial charge in [0.1, 0.15) is 23.9 Å². The van der Waals surface area contributed by atoms with Crippen LogP contribution in [-0.4, -0.2) is 101 Å². The van der Waals surface area contributed by atoms with Crippen LogP contribution in [0, 0.1) is 0 Å². The summed E-state index contributed by atoms with van der Waals surface area (Å²) in [5.74, 6) is -4.09. The Balaban J connectivity index is 1.41. The maximum Gasteiger partial charge on any atom is 0.413 e. The van der Waals surface area contributed by atoms with E-state index in [-0.39, 0.29) is 42.0 Å². The lowest BCUT2D eigenvalue weighted by molar-refractivity contribution is -0.185. The Hall–Kier alpha value is -5.73. The van der Waals surface area contributed by atoms with Crippen molar-refractivity contribution in [3.8, 4) is 5.75 Å². The third-order valence-electron chi connectivity index (χ3n) is 9.11. The zero-order valence-corrected chi connectivity index (χ0v) is 35.8. The average Bonchev–Trinajstić information content (AvgIpc) is 3.63. The van der Waals surface area contributed by atoms with Crippen molar-refractivity contribution >= 4 is 57.9 Å². The number of unbranched alkanes of at least 4 members (excludes halogenated alkanes) is 3. The van der Waals surface area contributed by atoms with Crippen molar-refractivity contribution in [2.45, 2.75) is 129 Å². The van der Waals surface area contributed by atoms with E-state index in [1.54, 1.807) is 20.8 Å². The molecule has 1 saturated carbocycles. The van der Waals surface area contributed by atoms with Crippen molar-refractivity contribution in [1.82, 2.24) is 31.0 Å². The lowest BCUT2D eigenvalue weighted by atomic mass is 9.80. The van der Waals surface area contributed by atoms with E-state index >= 15 is 0 Å². The average molecular weight is 861 g/mol. The maximum absolute atomic E-state index is 13.8. The van der Waals surface area contributed by atoms with E-state index in [0.717, 1.165) is 43.4 Å². The molecule has 0 radical (unpaired) electrons. The Kier molecular flexibility index (Phi) is 17.2. The SMILES string of the molecule is CCCCOC(=O)C1(O/N=C(\C(=O)N[C@@H]2C(=O)N[C@@H]2CNC(=O)C(=O)NCc2cc(=O)c(OCCCC)cn2OCCCC)c2csc(NC(=O)OC(C)(C)C)n2)CCC1. The highest BCUT2D eigenvalue weighted by molar-refractivity contribution is 7.14. The minimum Gasteiger partial charge on any atom is -0.488 e. The van der Waals surface area contributed by atoms with Crippen molar-refractivity contribution in [2.75, 3.05) is 31.7 Å². The second-order valence-corrected chi connectivity index (χ2v) is 16.1. The number of pyridine rings is 1. The highest BCUT2D eigenvalue weighted by Gasteiger charge is 2.50. The molecular formula is C39H56N8O12S. The summed E-state index contributed by atoms with van der Waals surface area (Å²) in [5.41, 5.74) is -2.79. The molecule has 0 bridgehead atoms. The topological polar surface area (TPSA) is 256 Å². The van der Waals surface area contributed by atoms with Crippen molar-refractivity contribution in [1.29, 1.82) is 0 Å². The molecule has 2 atom stereocenters. The van der Waals surface area contributed by atoms with Gasteiger partial charge in [0.25, 0.3) is 5.91 Å². The molecule has 0 aromatic carbocycles. The molecule has 2 aromatic rings. The van der Waals surface area contributed by atoms with E-state index in [4.69, 9.17) is 23.9 Å². The molecule has 60 heavy (non-hydrogen) atoms. The number of rotatable bonds is 22. The van der Waals surface area contributed by atoms with Gasteiger partial charge in [-0.15, -0.1) is 11.3 Å². The van der Waals surface area contributed by atoms with Gasteiger partial charge < -0.3 is 45.2 Å². The van der Waals surface area contributed by atoms with Crippen molar-refractivity contribution in [2.24, 2.45) is 5.16 Å². The molecule has 1 aliphatic carbocycles. The van der Waals surface area contributed by atoms with Crippen LogP contribution < -0.4 is 41.6 Å². The van der Waals surface area contributed by atoms with Gasteiger partial charge in [0.15, 0.2) is 16.6 Å². The fourth-order valence-electron chi connectivity index (χ4n) is 5.49. The molecule has 1 saturated heterocycles. The Morgan fingerprint density at radius 3 is 2.30 bits per heavy atom. The quantitative estimate of drug-likeness (QED) is 0.0285. The van der Waals surface area contributed by atoms with Gasteiger partial charge in [-0.1, -0.05) is 45.2 Å². The summed E-state index contributed by atoms with van der Waals surface area (Å²) in [6.45, 7) is 11.4. The number of ether oxygens (including phenoxy) is 3. The third kappa shape index (κ3) is 13.4. The number of thiazole rings is 1. The number of anilines is 1. The Morgan fingerprint density at radius 2 is 1.65 bits per heavy atom. The van der Waals surface area contributed by atoms with Crippen LogP contribution in [0.5, 0.6) is 5.75 Å². The molecule has 0 spiro atoms. The zero-order chi connectivity index (χ0) is 43.9. The normalized spacial score (nSPS) is 16.8. The molecule has 4 rings (SSSR count). The smallest absolute Gasteiger partial charge is 0.413 e. The molecule has 2 fully saturated rings. The predicted molar refractivity (Wildman–Crippen MR) is 218 cm³/mol. The van der Waals surface area contributed by atoms with Crippen LogP contribution in [0.3, 0.4) is 0 Å². The van der Waals surface area contributed by atoms with Gasteiger partial charge in [0.05, 0.1) is 37.7 Å². The summed E-state index contributed by atoms with van der Waals surface area (Å²) in [7, 11) is 0. The van der Waals surface area contributed by atoms with Gasteiger partial charge in [-0.2, -0.15) is 4.73 Å². The fraction of sp³-hybridized carbons (Fsp3) is 0.615. The van der Waals surface area contributed by atoms with Crippen LogP contribution in [-0.2, 0) is 44.8 Å². The minimum absolute atomic E-state index is 0.0431. The summed E-state index contributed by atoms with van der Waals surface area (Å²) in [6, 6.07) is -0.766. The second kappa shape index (κ2) is 22.0. The second-order valence-electron chi connectivity index (χ2n) is 15.2. The summed E-state index contributed by atoms with van der Waals surface area (Å²) >= 11 is 0.963. The number of hydrogen-bond donors (Lipinski definition) is 5. The lowest BCUT2D eigenvalue weighted by Crippen LogP contribution is -2.72. The van der Waals surface area contributed by atoms with Crippen LogP contribution in [0.25, 0.3) is 0 Å². The first kappa shape index (κ1) is 47.0. The molecule has 330 valence electrons. The van der Waals surface area contributed by atoms with Crippen LogP contribution in [0.15, 0.2) is 27.6 Å². The summed E-state index contributed by atoms with van der Waals surface area (Å²) < 4.78 is 17.6. The molecular weight excluding hydrogens is 805 g/mol. The number of oxime groups is 1. The number of nitrogens with one attached hydrogen (secondary N) is 5. The van der Waals surface area contributed by atoms with Crippen molar-refractivity contribution < 1.29 is 52.7 Å². The number of aromatic nitrogens is 2. The number of carbonyl (C=O) groups is 6. The number of amides is 5. The maximum atomic E-state index is 13.8. The number of β-lactam (4-membered cyclic amide) rings is 1. The fourth-order valence-corrected chi connectivity index (χ4v) is 6.17. The lowest BCUT2D eigenvalue weighted by Gasteiger charge is -2.37. The molecule has 21 heteroatoms. The van der Waals surface area contributed by atoms with Gasteiger partial charge in [-0.25, -0.2) is 14.6 Å². The van der Waals surface area contributed by atoms with E-state index in [1.165, 1.54) is 22.4 Å². The number of esters is 1. The standard InChI is InChI=1S/C39H56N8O12S/c1-7-10-16-55-28-22-47(57-18-12-9-3)24(19-27(28)48)20-40-33(51)34(52)41-21-25-29(31(49)42-25)44-32(50)30(26-23-60-36(43-26)45-37(54)58-38(4,5)6)46-59-39(14-13-15-39)35(53)56-17-11-8-2/h19,22-23,25,29H,7-18,20-21H2,1-6H3,(H,40,51)(H,41,52)(H,42,49)(H,44,50)(H,43,45,54)/b46-30-/t25-,29+/m1/s1. The number of carbonyl (C=O) groups excluding carboxylic acids is 6. The number of nitrogens with zero attached hydrogens (tertiary/aromatic N) is 3. The molecule has 3 heterocycles. The van der Waals surface area contributed by atoms with Gasteiger partial charge >= 0.3 is 23.9 Å². The molecule has 5 N–H and O–H groups in total. The molecule has 20 nitrogen and oxygen atoms in total. The Morgan fingerprint density at radius 1 is 0.967 bits per heavy atom. The summed E-state index contributed by atoms with van der Waals surface area (Å²) in [5, 5.41) is 18.1. The first-order chi connectivity index (χ1) is 28.6. The van der Waals surface area contributed by atoms with E-state index in [9.17, 15) is 33.6 Å². The van der Waals surface area contributed by atoms with Gasteiger partial charge in [-0.3, -0.25) is 29.3 Å². The molecule has 2 aromatic heterocycles. The van der Waals surface area contributed by atoms with Crippen LogP contribution >= 0.6 is 11.3 Å². The zero-order valence-electron chi connectivity index (χ0n) is 34.9. The first-order valence-electron chi connectivity index (χ1n) is 20.2. The molecule has 0 unspecified atom stereocenters. The van der Waals surface area contributed by atoms with E-state index < -0.39 is 70.1 Å².